The van der Waals surface area contributed by atoms with Crippen LogP contribution in [-0.2, 0) is 11.3 Å². The lowest BCUT2D eigenvalue weighted by molar-refractivity contribution is -0.118. The molecule has 156 valence electrons. The number of nitrogens with two attached hydrogens (primary N) is 1. The average molecular weight is 424 g/mol. The average Bonchev–Trinajstić information content (AvgIpc) is 2.73. The minimum absolute atomic E-state index is 0.00788. The van der Waals surface area contributed by atoms with Gasteiger partial charge < -0.3 is 5.73 Å². The number of aryl methyl sites for hydroxylation is 1. The number of nitrogens with zero attached hydrogens (tertiary/aromatic N) is 2. The summed E-state index contributed by atoms with van der Waals surface area (Å²) in [6.07, 6.45) is 2.55. The molecule has 0 radical (unpaired) electrons. The summed E-state index contributed by atoms with van der Waals surface area (Å²) < 4.78 is 1.64. The van der Waals surface area contributed by atoms with Crippen LogP contribution in [0.2, 0.25) is 0 Å². The summed E-state index contributed by atoms with van der Waals surface area (Å²) in [6.45, 7) is 2.39. The van der Waals surface area contributed by atoms with E-state index in [-0.39, 0.29) is 23.0 Å². The van der Waals surface area contributed by atoms with Crippen LogP contribution in [0.15, 0.2) is 58.5 Å². The molecule has 1 amide bonds. The Labute approximate surface area is 179 Å². The molecule has 1 heterocycles. The van der Waals surface area contributed by atoms with Gasteiger partial charge in [-0.15, -0.1) is 0 Å². The molecule has 3 rings (SSSR count). The minimum atomic E-state index is -0.314. The number of ketones is 1. The number of hydrogen-bond donors (Lipinski definition) is 1. The molecule has 0 aliphatic carbocycles. The van der Waals surface area contributed by atoms with Crippen molar-refractivity contribution in [2.45, 2.75) is 44.3 Å². The van der Waals surface area contributed by atoms with Crippen molar-refractivity contribution in [1.82, 2.24) is 9.55 Å². The molecule has 0 fully saturated rings. The van der Waals surface area contributed by atoms with E-state index in [0.717, 1.165) is 18.4 Å². The van der Waals surface area contributed by atoms with E-state index in [9.17, 15) is 14.4 Å². The highest BCUT2D eigenvalue weighted by Crippen LogP contribution is 2.21. The number of primary amides is 1. The molecular formula is C23H25N3O3S. The van der Waals surface area contributed by atoms with Crippen molar-refractivity contribution < 1.29 is 9.59 Å². The molecule has 0 aliphatic heterocycles. The van der Waals surface area contributed by atoms with Crippen molar-refractivity contribution in [2.75, 3.05) is 5.75 Å². The van der Waals surface area contributed by atoms with E-state index >= 15 is 0 Å². The lowest BCUT2D eigenvalue weighted by Crippen LogP contribution is -2.24. The van der Waals surface area contributed by atoms with Gasteiger partial charge >= 0.3 is 0 Å². The summed E-state index contributed by atoms with van der Waals surface area (Å²) in [7, 11) is 0. The fourth-order valence-corrected chi connectivity index (χ4v) is 4.20. The Morgan fingerprint density at radius 2 is 1.77 bits per heavy atom. The highest BCUT2D eigenvalue weighted by molar-refractivity contribution is 7.99. The zero-order chi connectivity index (χ0) is 21.5. The molecular weight excluding hydrogens is 398 g/mol. The Balaban J connectivity index is 1.81. The van der Waals surface area contributed by atoms with Crippen molar-refractivity contribution in [1.29, 1.82) is 0 Å². The summed E-state index contributed by atoms with van der Waals surface area (Å²) in [5.41, 5.74) is 7.31. The number of hydrogen-bond acceptors (Lipinski definition) is 5. The van der Waals surface area contributed by atoms with Crippen LogP contribution in [0, 0.1) is 6.92 Å². The SMILES string of the molecule is Cc1ccccc1C(=O)CSc1nc2ccccc2c(=O)n1CCCCCC(N)=O. The maximum Gasteiger partial charge on any atom is 0.262 e. The molecule has 0 spiro atoms. The Bertz CT molecular complexity index is 1120. The topological polar surface area (TPSA) is 95.1 Å². The molecule has 30 heavy (non-hydrogen) atoms. The first-order valence-corrected chi connectivity index (χ1v) is 11.0. The third-order valence-electron chi connectivity index (χ3n) is 4.91. The van der Waals surface area contributed by atoms with Gasteiger partial charge in [-0.25, -0.2) is 4.98 Å². The number of carbonyl (C=O) groups excluding carboxylic acids is 2. The lowest BCUT2D eigenvalue weighted by Gasteiger charge is -2.13. The van der Waals surface area contributed by atoms with Gasteiger partial charge in [0.1, 0.15) is 0 Å². The predicted octanol–water partition coefficient (Wildman–Crippen LogP) is 3.73. The maximum absolute atomic E-state index is 13.0. The highest BCUT2D eigenvalue weighted by Gasteiger charge is 2.15. The van der Waals surface area contributed by atoms with Crippen molar-refractivity contribution in [2.24, 2.45) is 5.73 Å². The number of benzene rings is 2. The van der Waals surface area contributed by atoms with Crippen molar-refractivity contribution in [3.05, 3.63) is 70.0 Å². The van der Waals surface area contributed by atoms with Gasteiger partial charge in [0, 0.05) is 18.5 Å². The van der Waals surface area contributed by atoms with Crippen LogP contribution in [0.25, 0.3) is 10.9 Å². The van der Waals surface area contributed by atoms with Gasteiger partial charge in [-0.1, -0.05) is 54.6 Å². The Kier molecular flexibility index (Phi) is 7.41. The number of unbranched alkanes of at least 4 members (excludes halogenated alkanes) is 2. The normalized spacial score (nSPS) is 11.0. The number of rotatable bonds is 10. The van der Waals surface area contributed by atoms with E-state index in [1.807, 2.05) is 43.3 Å². The summed E-state index contributed by atoms with van der Waals surface area (Å²) in [6, 6.07) is 14.7. The molecule has 0 aliphatic rings. The zero-order valence-corrected chi connectivity index (χ0v) is 17.8. The molecule has 7 heteroatoms. The van der Waals surface area contributed by atoms with Crippen LogP contribution in [0.3, 0.4) is 0 Å². The van der Waals surface area contributed by atoms with E-state index in [1.54, 1.807) is 16.7 Å². The van der Waals surface area contributed by atoms with E-state index in [1.165, 1.54) is 11.8 Å². The summed E-state index contributed by atoms with van der Waals surface area (Å²) in [5, 5.41) is 1.10. The Morgan fingerprint density at radius 3 is 2.53 bits per heavy atom. The van der Waals surface area contributed by atoms with Crippen LogP contribution in [0.1, 0.15) is 41.6 Å². The molecule has 0 bridgehead atoms. The molecule has 2 aromatic carbocycles. The number of para-hydroxylation sites is 1. The van der Waals surface area contributed by atoms with Crippen LogP contribution in [-0.4, -0.2) is 27.0 Å². The second-order valence-corrected chi connectivity index (χ2v) is 8.11. The highest BCUT2D eigenvalue weighted by atomic mass is 32.2. The first-order chi connectivity index (χ1) is 14.5. The van der Waals surface area contributed by atoms with Gasteiger partial charge in [-0.3, -0.25) is 19.0 Å². The largest absolute Gasteiger partial charge is 0.370 e. The monoisotopic (exact) mass is 423 g/mol. The second-order valence-electron chi connectivity index (χ2n) is 7.17. The second kappa shape index (κ2) is 10.2. The van der Waals surface area contributed by atoms with Crippen molar-refractivity contribution in [3.8, 4) is 0 Å². The van der Waals surface area contributed by atoms with Crippen LogP contribution in [0.4, 0.5) is 0 Å². The molecule has 0 atom stereocenters. The minimum Gasteiger partial charge on any atom is -0.370 e. The summed E-state index contributed by atoms with van der Waals surface area (Å²) >= 11 is 1.28. The van der Waals surface area contributed by atoms with E-state index in [2.05, 4.69) is 4.98 Å². The first-order valence-electron chi connectivity index (χ1n) is 9.97. The van der Waals surface area contributed by atoms with Gasteiger partial charge in [-0.05, 0) is 37.5 Å². The first kappa shape index (κ1) is 21.8. The molecule has 2 N–H and O–H groups in total. The number of amides is 1. The molecule has 3 aromatic rings. The molecule has 0 saturated heterocycles. The molecule has 0 saturated carbocycles. The predicted molar refractivity (Wildman–Crippen MR) is 120 cm³/mol. The summed E-state index contributed by atoms with van der Waals surface area (Å²) in [5.74, 6) is -0.101. The van der Waals surface area contributed by atoms with Gasteiger partial charge in [-0.2, -0.15) is 0 Å². The van der Waals surface area contributed by atoms with Crippen LogP contribution >= 0.6 is 11.8 Å². The zero-order valence-electron chi connectivity index (χ0n) is 17.0. The number of aromatic nitrogens is 2. The van der Waals surface area contributed by atoms with Gasteiger partial charge in [0.15, 0.2) is 10.9 Å². The third-order valence-corrected chi connectivity index (χ3v) is 5.89. The van der Waals surface area contributed by atoms with Gasteiger partial charge in [0.2, 0.25) is 5.91 Å². The standard InChI is InChI=1S/C23H25N3O3S/c1-16-9-4-5-10-17(16)20(27)15-30-23-25-19-12-7-6-11-18(19)22(29)26(23)14-8-2-3-13-21(24)28/h4-7,9-12H,2-3,8,13-15H2,1H3,(H2,24,28). The van der Waals surface area contributed by atoms with Crippen molar-refractivity contribution >= 4 is 34.4 Å². The Hall–Kier alpha value is -2.93. The van der Waals surface area contributed by atoms with E-state index in [0.29, 0.717) is 41.0 Å². The fourth-order valence-electron chi connectivity index (χ4n) is 3.29. The lowest BCUT2D eigenvalue weighted by atomic mass is 10.1. The molecule has 0 unspecified atom stereocenters. The third kappa shape index (κ3) is 5.36. The number of carbonyl (C=O) groups is 2. The molecule has 6 nitrogen and oxygen atoms in total. The van der Waals surface area contributed by atoms with Gasteiger partial charge in [0.25, 0.3) is 5.56 Å². The number of fused-ring (bicyclic) bond motifs is 1. The molecule has 1 aromatic heterocycles. The fraction of sp³-hybridized carbons (Fsp3) is 0.304. The van der Waals surface area contributed by atoms with Crippen molar-refractivity contribution in [3.63, 3.8) is 0 Å². The maximum atomic E-state index is 13.0. The quantitative estimate of drug-likeness (QED) is 0.232. The van der Waals surface area contributed by atoms with Crippen LogP contribution in [0.5, 0.6) is 0 Å². The van der Waals surface area contributed by atoms with E-state index < -0.39 is 0 Å². The van der Waals surface area contributed by atoms with Crippen LogP contribution < -0.4 is 11.3 Å². The van der Waals surface area contributed by atoms with E-state index in [4.69, 9.17) is 5.73 Å². The number of Topliss-reactive ketones (excluding diaryl/α,β-unsaturated/α-hetero) is 1. The Morgan fingerprint density at radius 1 is 1.03 bits per heavy atom. The van der Waals surface area contributed by atoms with Gasteiger partial charge in [0.05, 0.1) is 16.7 Å². The smallest absolute Gasteiger partial charge is 0.262 e. The summed E-state index contributed by atoms with van der Waals surface area (Å²) in [4.78, 5) is 41.3. The number of thioether (sulfide) groups is 1.